The van der Waals surface area contributed by atoms with Gasteiger partial charge < -0.3 is 9.64 Å². The van der Waals surface area contributed by atoms with Gasteiger partial charge in [-0.15, -0.1) is 10.2 Å². The van der Waals surface area contributed by atoms with Crippen molar-refractivity contribution in [2.45, 2.75) is 25.9 Å². The molecule has 1 unspecified atom stereocenters. The number of hydrogen-bond acceptors (Lipinski definition) is 4. The fourth-order valence-electron chi connectivity index (χ4n) is 2.86. The second-order valence-electron chi connectivity index (χ2n) is 5.64. The molecule has 0 saturated carbocycles. The molecule has 22 heavy (non-hydrogen) atoms. The molecule has 6 nitrogen and oxygen atoms in total. The molecule has 1 aromatic heterocycles. The van der Waals surface area contributed by atoms with Crippen LogP contribution in [0, 0.1) is 6.92 Å². The minimum Gasteiger partial charge on any atom is -0.380 e. The zero-order valence-electron chi connectivity index (χ0n) is 12.9. The van der Waals surface area contributed by atoms with E-state index in [4.69, 9.17) is 4.74 Å². The molecule has 1 fully saturated rings. The predicted molar refractivity (Wildman–Crippen MR) is 82.0 cm³/mol. The quantitative estimate of drug-likeness (QED) is 0.867. The Bertz CT molecular complexity index is 654. The maximum atomic E-state index is 12.9. The summed E-state index contributed by atoms with van der Waals surface area (Å²) in [5.74, 6) is 0.0363. The summed E-state index contributed by atoms with van der Waals surface area (Å²) >= 11 is 0. The number of amides is 1. The van der Waals surface area contributed by atoms with Gasteiger partial charge in [0.1, 0.15) is 12.7 Å². The van der Waals surface area contributed by atoms with E-state index in [9.17, 15) is 4.79 Å². The fraction of sp³-hybridized carbons (Fsp3) is 0.438. The van der Waals surface area contributed by atoms with E-state index in [2.05, 4.69) is 10.2 Å². The molecule has 3 rings (SSSR count). The molecule has 0 spiro atoms. The molecular weight excluding hydrogens is 280 g/mol. The predicted octanol–water partition coefficient (Wildman–Crippen LogP) is 1.83. The number of carbonyl (C=O) groups is 1. The van der Waals surface area contributed by atoms with E-state index in [1.54, 1.807) is 24.3 Å². The van der Waals surface area contributed by atoms with E-state index in [-0.39, 0.29) is 12.0 Å². The molecule has 1 aromatic carbocycles. The van der Waals surface area contributed by atoms with Gasteiger partial charge in [-0.05, 0) is 31.9 Å². The number of carbonyl (C=O) groups excluding carboxylic acids is 1. The van der Waals surface area contributed by atoms with Gasteiger partial charge in [-0.25, -0.2) is 0 Å². The van der Waals surface area contributed by atoms with Gasteiger partial charge in [0.25, 0.3) is 5.91 Å². The first-order valence-electron chi connectivity index (χ1n) is 7.47. The van der Waals surface area contributed by atoms with Crippen molar-refractivity contribution in [2.24, 2.45) is 0 Å². The average Bonchev–Trinajstić information content (AvgIpc) is 3.08. The van der Waals surface area contributed by atoms with Gasteiger partial charge in [0.05, 0.1) is 17.4 Å². The third-order valence-corrected chi connectivity index (χ3v) is 4.08. The molecule has 1 aliphatic heterocycles. The number of piperidine rings is 1. The lowest BCUT2D eigenvalue weighted by Crippen LogP contribution is -2.43. The first-order chi connectivity index (χ1) is 10.7. The molecule has 2 heterocycles. The number of aryl methyl sites for hydroxylation is 1. The van der Waals surface area contributed by atoms with Crippen molar-refractivity contribution in [3.8, 4) is 5.69 Å². The summed E-state index contributed by atoms with van der Waals surface area (Å²) in [7, 11) is 1.70. The Hall–Kier alpha value is -2.21. The van der Waals surface area contributed by atoms with Crippen molar-refractivity contribution in [2.75, 3.05) is 20.2 Å². The molecule has 2 aromatic rings. The van der Waals surface area contributed by atoms with Crippen LogP contribution in [-0.4, -0.2) is 51.9 Å². The Morgan fingerprint density at radius 2 is 2.09 bits per heavy atom. The normalized spacial score (nSPS) is 18.5. The molecule has 1 atom stereocenters. The molecule has 1 amide bonds. The van der Waals surface area contributed by atoms with Crippen LogP contribution < -0.4 is 0 Å². The molecule has 0 bridgehead atoms. The summed E-state index contributed by atoms with van der Waals surface area (Å²) < 4.78 is 7.18. The van der Waals surface area contributed by atoms with Crippen molar-refractivity contribution in [3.63, 3.8) is 0 Å². The second kappa shape index (κ2) is 6.27. The van der Waals surface area contributed by atoms with Crippen LogP contribution in [0.5, 0.6) is 0 Å². The number of likely N-dealkylation sites (tertiary alicyclic amines) is 1. The standard InChI is InChI=1S/C16H20N4O2/c1-12-5-6-15(20-10-17-18-11-20)14(8-12)16(21)19-7-3-4-13(9-19)22-2/h5-6,8,10-11,13H,3-4,7,9H2,1-2H3. The van der Waals surface area contributed by atoms with Crippen molar-refractivity contribution in [1.82, 2.24) is 19.7 Å². The number of rotatable bonds is 3. The minimum absolute atomic E-state index is 0.0363. The topological polar surface area (TPSA) is 60.2 Å². The number of aromatic nitrogens is 3. The van der Waals surface area contributed by atoms with Gasteiger partial charge in [0, 0.05) is 20.2 Å². The maximum absolute atomic E-state index is 12.9. The molecule has 0 N–H and O–H groups in total. The lowest BCUT2D eigenvalue weighted by molar-refractivity contribution is 0.0269. The fourth-order valence-corrected chi connectivity index (χ4v) is 2.86. The number of nitrogens with zero attached hydrogens (tertiary/aromatic N) is 4. The highest BCUT2D eigenvalue weighted by atomic mass is 16.5. The Labute approximate surface area is 129 Å². The zero-order chi connectivity index (χ0) is 15.5. The van der Waals surface area contributed by atoms with Gasteiger partial charge in [0.2, 0.25) is 0 Å². The van der Waals surface area contributed by atoms with Crippen LogP contribution >= 0.6 is 0 Å². The molecule has 1 saturated heterocycles. The van der Waals surface area contributed by atoms with Gasteiger partial charge in [-0.1, -0.05) is 11.6 Å². The smallest absolute Gasteiger partial charge is 0.256 e. The minimum atomic E-state index is 0.0363. The van der Waals surface area contributed by atoms with Crippen LogP contribution in [0.1, 0.15) is 28.8 Å². The maximum Gasteiger partial charge on any atom is 0.256 e. The van der Waals surface area contributed by atoms with Gasteiger partial charge in [-0.3, -0.25) is 9.36 Å². The summed E-state index contributed by atoms with van der Waals surface area (Å²) in [6.07, 6.45) is 5.32. The molecule has 116 valence electrons. The second-order valence-corrected chi connectivity index (χ2v) is 5.64. The Balaban J connectivity index is 1.93. The Kier molecular flexibility index (Phi) is 4.20. The first kappa shape index (κ1) is 14.7. The molecular formula is C16H20N4O2. The van der Waals surface area contributed by atoms with Crippen LogP contribution in [0.2, 0.25) is 0 Å². The van der Waals surface area contributed by atoms with Gasteiger partial charge >= 0.3 is 0 Å². The molecule has 6 heteroatoms. The van der Waals surface area contributed by atoms with Crippen LogP contribution in [0.15, 0.2) is 30.9 Å². The van der Waals surface area contributed by atoms with E-state index < -0.39 is 0 Å². The van der Waals surface area contributed by atoms with Crippen molar-refractivity contribution in [1.29, 1.82) is 0 Å². The molecule has 1 aliphatic rings. The van der Waals surface area contributed by atoms with Crippen molar-refractivity contribution in [3.05, 3.63) is 42.0 Å². The monoisotopic (exact) mass is 300 g/mol. The number of methoxy groups -OCH3 is 1. The number of hydrogen-bond donors (Lipinski definition) is 0. The Morgan fingerprint density at radius 1 is 1.32 bits per heavy atom. The molecule has 0 aliphatic carbocycles. The summed E-state index contributed by atoms with van der Waals surface area (Å²) in [5.41, 5.74) is 2.54. The first-order valence-corrected chi connectivity index (χ1v) is 7.47. The van der Waals surface area contributed by atoms with E-state index in [1.807, 2.05) is 30.0 Å². The van der Waals surface area contributed by atoms with E-state index in [1.165, 1.54) is 0 Å². The van der Waals surface area contributed by atoms with Gasteiger partial charge in [-0.2, -0.15) is 0 Å². The summed E-state index contributed by atoms with van der Waals surface area (Å²) in [5, 5.41) is 7.65. The largest absolute Gasteiger partial charge is 0.380 e. The van der Waals surface area contributed by atoms with Crippen molar-refractivity contribution >= 4 is 5.91 Å². The van der Waals surface area contributed by atoms with Gasteiger partial charge in [0.15, 0.2) is 0 Å². The van der Waals surface area contributed by atoms with Crippen LogP contribution in [-0.2, 0) is 4.74 Å². The third-order valence-electron chi connectivity index (χ3n) is 4.08. The highest BCUT2D eigenvalue weighted by molar-refractivity contribution is 5.98. The SMILES string of the molecule is COC1CCCN(C(=O)c2cc(C)ccc2-n2cnnc2)C1. The lowest BCUT2D eigenvalue weighted by atomic mass is 10.0. The molecule has 0 radical (unpaired) electrons. The number of ether oxygens (including phenoxy) is 1. The highest BCUT2D eigenvalue weighted by Crippen LogP contribution is 2.21. The number of benzene rings is 1. The summed E-state index contributed by atoms with van der Waals surface area (Å²) in [6.45, 7) is 3.40. The highest BCUT2D eigenvalue weighted by Gasteiger charge is 2.26. The van der Waals surface area contributed by atoms with E-state index >= 15 is 0 Å². The summed E-state index contributed by atoms with van der Waals surface area (Å²) in [4.78, 5) is 14.8. The van der Waals surface area contributed by atoms with Crippen molar-refractivity contribution < 1.29 is 9.53 Å². The van der Waals surface area contributed by atoms with E-state index in [0.29, 0.717) is 12.1 Å². The summed E-state index contributed by atoms with van der Waals surface area (Å²) in [6, 6.07) is 5.85. The zero-order valence-corrected chi connectivity index (χ0v) is 12.9. The lowest BCUT2D eigenvalue weighted by Gasteiger charge is -2.32. The van der Waals surface area contributed by atoms with E-state index in [0.717, 1.165) is 30.6 Å². The Morgan fingerprint density at radius 3 is 2.82 bits per heavy atom. The van der Waals surface area contributed by atoms with Crippen LogP contribution in [0.4, 0.5) is 0 Å². The third kappa shape index (κ3) is 2.87. The average molecular weight is 300 g/mol. The van der Waals surface area contributed by atoms with Crippen LogP contribution in [0.3, 0.4) is 0 Å². The van der Waals surface area contributed by atoms with Crippen LogP contribution in [0.25, 0.3) is 5.69 Å².